The van der Waals surface area contributed by atoms with Gasteiger partial charge in [-0.3, -0.25) is 0 Å². The summed E-state index contributed by atoms with van der Waals surface area (Å²) in [7, 11) is 1.91. The molecule has 0 fully saturated rings. The Balaban J connectivity index is 1.67. The number of aromatic nitrogens is 3. The van der Waals surface area contributed by atoms with E-state index in [4.69, 9.17) is 16.0 Å². The zero-order valence-corrected chi connectivity index (χ0v) is 17.3. The Morgan fingerprint density at radius 2 is 1.86 bits per heavy atom. The molecular formula is C21H18ClN3O2S. The van der Waals surface area contributed by atoms with Gasteiger partial charge in [0.05, 0.1) is 5.02 Å². The van der Waals surface area contributed by atoms with Crippen LogP contribution in [-0.2, 0) is 12.8 Å². The van der Waals surface area contributed by atoms with Crippen molar-refractivity contribution in [3.63, 3.8) is 0 Å². The average Bonchev–Trinajstić information content (AvgIpc) is 3.02. The minimum atomic E-state index is -0.346. The molecule has 0 radical (unpaired) electrons. The second-order valence-corrected chi connectivity index (χ2v) is 8.01. The van der Waals surface area contributed by atoms with Crippen molar-refractivity contribution in [2.45, 2.75) is 24.8 Å². The van der Waals surface area contributed by atoms with E-state index in [-0.39, 0.29) is 5.63 Å². The van der Waals surface area contributed by atoms with Crippen molar-refractivity contribution in [1.29, 1.82) is 0 Å². The van der Waals surface area contributed by atoms with Crippen LogP contribution in [0, 0.1) is 13.8 Å². The molecule has 7 heteroatoms. The maximum atomic E-state index is 12.0. The summed E-state index contributed by atoms with van der Waals surface area (Å²) in [6, 6.07) is 13.1. The topological polar surface area (TPSA) is 60.9 Å². The smallest absolute Gasteiger partial charge is 0.336 e. The molecule has 4 aromatic rings. The molecule has 0 atom stereocenters. The van der Waals surface area contributed by atoms with Gasteiger partial charge in [0.1, 0.15) is 5.58 Å². The number of benzene rings is 2. The number of fused-ring (bicyclic) bond motifs is 1. The highest BCUT2D eigenvalue weighted by Crippen LogP contribution is 2.31. The van der Waals surface area contributed by atoms with Gasteiger partial charge in [-0.2, -0.15) is 0 Å². The quantitative estimate of drug-likeness (QED) is 0.343. The van der Waals surface area contributed by atoms with Crippen molar-refractivity contribution in [3.8, 4) is 11.4 Å². The van der Waals surface area contributed by atoms with Crippen LogP contribution in [0.3, 0.4) is 0 Å². The molecule has 4 rings (SSSR count). The van der Waals surface area contributed by atoms with Crippen LogP contribution in [0.4, 0.5) is 0 Å². The van der Waals surface area contributed by atoms with E-state index in [0.29, 0.717) is 22.2 Å². The molecule has 2 aromatic heterocycles. The molecule has 0 bridgehead atoms. The molecule has 142 valence electrons. The van der Waals surface area contributed by atoms with E-state index in [2.05, 4.69) is 23.2 Å². The fraction of sp³-hybridized carbons (Fsp3) is 0.190. The Labute approximate surface area is 171 Å². The third-order valence-corrected chi connectivity index (χ3v) is 6.15. The molecule has 0 saturated heterocycles. The fourth-order valence-electron chi connectivity index (χ4n) is 3.06. The molecule has 0 aliphatic rings. The second kappa shape index (κ2) is 7.45. The summed E-state index contributed by atoms with van der Waals surface area (Å²) in [6.07, 6.45) is 0. The van der Waals surface area contributed by atoms with E-state index in [0.717, 1.165) is 32.8 Å². The van der Waals surface area contributed by atoms with Gasteiger partial charge in [-0.1, -0.05) is 35.5 Å². The predicted molar refractivity (Wildman–Crippen MR) is 113 cm³/mol. The predicted octanol–water partition coefficient (Wildman–Crippen LogP) is 5.15. The molecule has 28 heavy (non-hydrogen) atoms. The van der Waals surface area contributed by atoms with Crippen molar-refractivity contribution in [1.82, 2.24) is 14.8 Å². The lowest BCUT2D eigenvalue weighted by molar-refractivity contribution is 0.559. The molecular weight excluding hydrogens is 394 g/mol. The highest BCUT2D eigenvalue weighted by atomic mass is 35.5. The summed E-state index contributed by atoms with van der Waals surface area (Å²) in [4.78, 5) is 12.0. The summed E-state index contributed by atoms with van der Waals surface area (Å²) >= 11 is 7.81. The Bertz CT molecular complexity index is 1250. The van der Waals surface area contributed by atoms with Crippen molar-refractivity contribution in [3.05, 3.63) is 74.6 Å². The van der Waals surface area contributed by atoms with Crippen molar-refractivity contribution >= 4 is 34.3 Å². The van der Waals surface area contributed by atoms with Crippen molar-refractivity contribution < 1.29 is 4.42 Å². The van der Waals surface area contributed by atoms with Gasteiger partial charge in [0.2, 0.25) is 0 Å². The summed E-state index contributed by atoms with van der Waals surface area (Å²) in [5, 5.41) is 10.9. The van der Waals surface area contributed by atoms with Crippen LogP contribution in [0.5, 0.6) is 0 Å². The van der Waals surface area contributed by atoms with E-state index in [9.17, 15) is 4.79 Å². The van der Waals surface area contributed by atoms with Crippen molar-refractivity contribution in [2.75, 3.05) is 0 Å². The minimum absolute atomic E-state index is 0.346. The van der Waals surface area contributed by atoms with Gasteiger partial charge < -0.3 is 8.98 Å². The molecule has 0 aliphatic heterocycles. The SMILES string of the molecule is Cc1cc2oc(=O)cc(CSc3nnc(-c4ccccc4Cl)n3C)c2cc1C. The van der Waals surface area contributed by atoms with Gasteiger partial charge in [0.25, 0.3) is 0 Å². The van der Waals surface area contributed by atoms with Crippen LogP contribution in [0.25, 0.3) is 22.4 Å². The Hall–Kier alpha value is -2.57. The zero-order valence-electron chi connectivity index (χ0n) is 15.7. The Morgan fingerprint density at radius 1 is 1.11 bits per heavy atom. The van der Waals surface area contributed by atoms with Crippen LogP contribution in [0.15, 0.2) is 56.8 Å². The summed E-state index contributed by atoms with van der Waals surface area (Å²) in [6.45, 7) is 4.06. The molecule has 0 amide bonds. The van der Waals surface area contributed by atoms with E-state index in [1.165, 1.54) is 11.8 Å². The van der Waals surface area contributed by atoms with Gasteiger partial charge in [0, 0.05) is 29.8 Å². The van der Waals surface area contributed by atoms with Crippen LogP contribution >= 0.6 is 23.4 Å². The molecule has 0 N–H and O–H groups in total. The maximum absolute atomic E-state index is 12.0. The lowest BCUT2D eigenvalue weighted by Gasteiger charge is -2.08. The Kier molecular flexibility index (Phi) is 5.00. The van der Waals surface area contributed by atoms with Crippen LogP contribution in [0.2, 0.25) is 5.02 Å². The third-order valence-electron chi connectivity index (χ3n) is 4.75. The molecule has 2 heterocycles. The zero-order chi connectivity index (χ0) is 19.8. The number of aryl methyl sites for hydroxylation is 2. The molecule has 0 spiro atoms. The monoisotopic (exact) mass is 411 g/mol. The molecule has 0 unspecified atom stereocenters. The minimum Gasteiger partial charge on any atom is -0.423 e. The van der Waals surface area contributed by atoms with Crippen LogP contribution in [0.1, 0.15) is 16.7 Å². The molecule has 5 nitrogen and oxygen atoms in total. The first-order chi connectivity index (χ1) is 13.4. The van der Waals surface area contributed by atoms with Crippen molar-refractivity contribution in [2.24, 2.45) is 7.05 Å². The highest BCUT2D eigenvalue weighted by molar-refractivity contribution is 7.98. The first-order valence-corrected chi connectivity index (χ1v) is 10.1. The highest BCUT2D eigenvalue weighted by Gasteiger charge is 2.15. The largest absolute Gasteiger partial charge is 0.423 e. The van der Waals surface area contributed by atoms with E-state index >= 15 is 0 Å². The lowest BCUT2D eigenvalue weighted by Crippen LogP contribution is -2.01. The fourth-order valence-corrected chi connectivity index (χ4v) is 4.18. The van der Waals surface area contributed by atoms with Gasteiger partial charge in [0.15, 0.2) is 11.0 Å². The lowest BCUT2D eigenvalue weighted by atomic mass is 10.0. The number of hydrogen-bond donors (Lipinski definition) is 0. The second-order valence-electron chi connectivity index (χ2n) is 6.66. The van der Waals surface area contributed by atoms with Gasteiger partial charge >= 0.3 is 5.63 Å². The summed E-state index contributed by atoms with van der Waals surface area (Å²) < 4.78 is 7.29. The average molecular weight is 412 g/mol. The van der Waals surface area contributed by atoms with Crippen LogP contribution in [-0.4, -0.2) is 14.8 Å². The third kappa shape index (κ3) is 3.45. The maximum Gasteiger partial charge on any atom is 0.336 e. The standard InChI is InChI=1S/C21H18ClN3O2S/c1-12-8-16-14(10-19(26)27-18(16)9-13(12)2)11-28-21-24-23-20(25(21)3)15-6-4-5-7-17(15)22/h4-10H,11H2,1-3H3. The molecule has 0 saturated carbocycles. The molecule has 2 aromatic carbocycles. The normalized spacial score (nSPS) is 11.3. The first-order valence-electron chi connectivity index (χ1n) is 8.75. The van der Waals surface area contributed by atoms with E-state index in [1.54, 1.807) is 6.07 Å². The number of rotatable bonds is 4. The van der Waals surface area contributed by atoms with E-state index in [1.807, 2.05) is 48.9 Å². The molecule has 0 aliphatic carbocycles. The Morgan fingerprint density at radius 3 is 2.64 bits per heavy atom. The summed E-state index contributed by atoms with van der Waals surface area (Å²) in [5.74, 6) is 1.29. The summed E-state index contributed by atoms with van der Waals surface area (Å²) in [5.41, 5.74) is 4.27. The number of nitrogens with zero attached hydrogens (tertiary/aromatic N) is 3. The number of hydrogen-bond acceptors (Lipinski definition) is 5. The number of halogens is 1. The van der Waals surface area contributed by atoms with Crippen LogP contribution < -0.4 is 5.63 Å². The van der Waals surface area contributed by atoms with Gasteiger partial charge in [-0.15, -0.1) is 10.2 Å². The van der Waals surface area contributed by atoms with E-state index < -0.39 is 0 Å². The van der Waals surface area contributed by atoms with Gasteiger partial charge in [-0.25, -0.2) is 4.79 Å². The van der Waals surface area contributed by atoms with Gasteiger partial charge in [-0.05, 0) is 54.8 Å². The number of thioether (sulfide) groups is 1. The first kappa shape index (κ1) is 18.8.